The smallest absolute Gasteiger partial charge is 0.246 e. The van der Waals surface area contributed by atoms with Crippen LogP contribution >= 0.6 is 0 Å². The monoisotopic (exact) mass is 394 g/mol. The molecule has 1 fully saturated rings. The van der Waals surface area contributed by atoms with Crippen molar-refractivity contribution in [2.75, 3.05) is 26.8 Å². The maximum atomic E-state index is 13.6. The van der Waals surface area contributed by atoms with Gasteiger partial charge in [-0.2, -0.15) is 4.31 Å². The molecule has 0 bridgehead atoms. The Balaban J connectivity index is 1.63. The minimum atomic E-state index is -3.81. The summed E-state index contributed by atoms with van der Waals surface area (Å²) in [5.74, 6) is 0.600. The number of pyridine rings is 1. The predicted octanol–water partition coefficient (Wildman–Crippen LogP) is 3.02. The van der Waals surface area contributed by atoms with Gasteiger partial charge in [-0.15, -0.1) is 0 Å². The highest BCUT2D eigenvalue weighted by Gasteiger charge is 2.32. The van der Waals surface area contributed by atoms with E-state index in [1.807, 2.05) is 13.0 Å². The third kappa shape index (κ3) is 4.39. The Hall–Kier alpha value is -2.19. The lowest BCUT2D eigenvalue weighted by Gasteiger charge is -2.31. The van der Waals surface area contributed by atoms with E-state index >= 15 is 0 Å². The maximum Gasteiger partial charge on any atom is 0.246 e. The van der Waals surface area contributed by atoms with Crippen LogP contribution in [0.15, 0.2) is 41.6 Å². The highest BCUT2D eigenvalue weighted by Crippen LogP contribution is 2.30. The fourth-order valence-corrected chi connectivity index (χ4v) is 4.77. The SMILES string of the molecule is COc1ccc(F)cc1S(=O)(=O)N1CCC(COc2ccncc2C)CC1. The standard InChI is InChI=1S/C19H23FN2O4S/c1-14-12-21-8-5-17(14)26-13-15-6-9-22(10-7-15)27(23,24)19-11-16(20)3-4-18(19)25-2/h3-5,8,11-12,15H,6-7,9-10,13H2,1-2H3. The van der Waals surface area contributed by atoms with Crippen molar-refractivity contribution < 1.29 is 22.3 Å². The summed E-state index contributed by atoms with van der Waals surface area (Å²) in [6.45, 7) is 3.20. The molecule has 8 heteroatoms. The topological polar surface area (TPSA) is 68.7 Å². The molecular weight excluding hydrogens is 371 g/mol. The number of aryl methyl sites for hydroxylation is 1. The zero-order valence-electron chi connectivity index (χ0n) is 15.4. The number of methoxy groups -OCH3 is 1. The Bertz CT molecular complexity index is 896. The fraction of sp³-hybridized carbons (Fsp3) is 0.421. The first-order valence-electron chi connectivity index (χ1n) is 8.79. The zero-order valence-corrected chi connectivity index (χ0v) is 16.2. The third-order valence-corrected chi connectivity index (χ3v) is 6.68. The zero-order chi connectivity index (χ0) is 19.4. The van der Waals surface area contributed by atoms with Crippen molar-refractivity contribution in [3.05, 3.63) is 48.0 Å². The average molecular weight is 394 g/mol. The predicted molar refractivity (Wildman–Crippen MR) is 98.9 cm³/mol. The summed E-state index contributed by atoms with van der Waals surface area (Å²) in [5.41, 5.74) is 0.968. The Morgan fingerprint density at radius 2 is 1.96 bits per heavy atom. The molecule has 0 atom stereocenters. The van der Waals surface area contributed by atoms with Gasteiger partial charge < -0.3 is 9.47 Å². The number of halogens is 1. The van der Waals surface area contributed by atoms with Crippen LogP contribution in [0, 0.1) is 18.7 Å². The molecule has 1 aliphatic rings. The van der Waals surface area contributed by atoms with Gasteiger partial charge >= 0.3 is 0 Å². The lowest BCUT2D eigenvalue weighted by Crippen LogP contribution is -2.39. The second-order valence-electron chi connectivity index (χ2n) is 6.59. The van der Waals surface area contributed by atoms with Crippen molar-refractivity contribution >= 4 is 10.0 Å². The lowest BCUT2D eigenvalue weighted by molar-refractivity contribution is 0.184. The molecular formula is C19H23FN2O4S. The van der Waals surface area contributed by atoms with E-state index in [2.05, 4.69) is 4.98 Å². The second kappa shape index (κ2) is 8.22. The van der Waals surface area contributed by atoms with E-state index < -0.39 is 15.8 Å². The summed E-state index contributed by atoms with van der Waals surface area (Å²) >= 11 is 0. The Kier molecular flexibility index (Phi) is 5.96. The number of aromatic nitrogens is 1. The van der Waals surface area contributed by atoms with E-state index in [1.165, 1.54) is 23.5 Å². The van der Waals surface area contributed by atoms with Gasteiger partial charge in [0.2, 0.25) is 10.0 Å². The van der Waals surface area contributed by atoms with Crippen molar-refractivity contribution in [1.82, 2.24) is 9.29 Å². The molecule has 2 aromatic rings. The summed E-state index contributed by atoms with van der Waals surface area (Å²) in [4.78, 5) is 3.90. The first-order valence-corrected chi connectivity index (χ1v) is 10.2. The van der Waals surface area contributed by atoms with Crippen molar-refractivity contribution in [3.8, 4) is 11.5 Å². The van der Waals surface area contributed by atoms with E-state index in [4.69, 9.17) is 9.47 Å². The molecule has 0 amide bonds. The molecule has 146 valence electrons. The number of benzene rings is 1. The minimum Gasteiger partial charge on any atom is -0.495 e. The summed E-state index contributed by atoms with van der Waals surface area (Å²) in [7, 11) is -2.43. The van der Waals surface area contributed by atoms with Crippen LogP contribution in [-0.4, -0.2) is 44.5 Å². The van der Waals surface area contributed by atoms with Gasteiger partial charge in [-0.3, -0.25) is 4.98 Å². The van der Waals surface area contributed by atoms with Gasteiger partial charge in [-0.25, -0.2) is 12.8 Å². The van der Waals surface area contributed by atoms with Gasteiger partial charge in [0.25, 0.3) is 0 Å². The van der Waals surface area contributed by atoms with Crippen molar-refractivity contribution in [1.29, 1.82) is 0 Å². The normalized spacial score (nSPS) is 16.3. The van der Waals surface area contributed by atoms with Gasteiger partial charge in [0.1, 0.15) is 22.2 Å². The van der Waals surface area contributed by atoms with Gasteiger partial charge in [0.05, 0.1) is 13.7 Å². The number of sulfonamides is 1. The second-order valence-corrected chi connectivity index (χ2v) is 8.50. The molecule has 0 spiro atoms. The number of ether oxygens (including phenoxy) is 2. The highest BCUT2D eigenvalue weighted by molar-refractivity contribution is 7.89. The van der Waals surface area contributed by atoms with Crippen LogP contribution in [0.25, 0.3) is 0 Å². The molecule has 0 radical (unpaired) electrons. The van der Waals surface area contributed by atoms with Crippen LogP contribution in [-0.2, 0) is 10.0 Å². The molecule has 0 unspecified atom stereocenters. The van der Waals surface area contributed by atoms with Crippen molar-refractivity contribution in [3.63, 3.8) is 0 Å². The van der Waals surface area contributed by atoms with Crippen molar-refractivity contribution in [2.45, 2.75) is 24.7 Å². The highest BCUT2D eigenvalue weighted by atomic mass is 32.2. The molecule has 1 aromatic carbocycles. The van der Waals surface area contributed by atoms with E-state index in [0.717, 1.165) is 17.4 Å². The number of piperidine rings is 1. The molecule has 0 aliphatic carbocycles. The number of hydrogen-bond acceptors (Lipinski definition) is 5. The number of nitrogens with zero attached hydrogens (tertiary/aromatic N) is 2. The lowest BCUT2D eigenvalue weighted by atomic mass is 9.99. The van der Waals surface area contributed by atoms with Crippen LogP contribution in [0.1, 0.15) is 18.4 Å². The molecule has 1 aliphatic heterocycles. The Morgan fingerprint density at radius 3 is 2.63 bits per heavy atom. The summed E-state index contributed by atoms with van der Waals surface area (Å²) < 4.78 is 51.7. The molecule has 1 saturated heterocycles. The molecule has 6 nitrogen and oxygen atoms in total. The van der Waals surface area contributed by atoms with E-state index in [1.54, 1.807) is 12.4 Å². The molecule has 0 N–H and O–H groups in total. The fourth-order valence-electron chi connectivity index (χ4n) is 3.14. The van der Waals surface area contributed by atoms with E-state index in [9.17, 15) is 12.8 Å². The summed E-state index contributed by atoms with van der Waals surface area (Å²) in [5, 5.41) is 0. The maximum absolute atomic E-state index is 13.6. The van der Waals surface area contributed by atoms with Gasteiger partial charge in [0, 0.05) is 31.0 Å². The van der Waals surface area contributed by atoms with Crippen LogP contribution in [0.4, 0.5) is 4.39 Å². The first-order chi connectivity index (χ1) is 12.9. The van der Waals surface area contributed by atoms with Crippen molar-refractivity contribution in [2.24, 2.45) is 5.92 Å². The van der Waals surface area contributed by atoms with Gasteiger partial charge in [0.15, 0.2) is 0 Å². The van der Waals surface area contributed by atoms with E-state index in [0.29, 0.717) is 32.5 Å². The average Bonchev–Trinajstić information content (AvgIpc) is 2.67. The molecule has 0 saturated carbocycles. The van der Waals surface area contributed by atoms with E-state index in [-0.39, 0.29) is 16.6 Å². The summed E-state index contributed by atoms with van der Waals surface area (Å²) in [6.07, 6.45) is 4.79. The van der Waals surface area contributed by atoms with Crippen LogP contribution in [0.5, 0.6) is 11.5 Å². The first kappa shape index (κ1) is 19.6. The van der Waals surface area contributed by atoms with Gasteiger partial charge in [-0.05, 0) is 49.9 Å². The largest absolute Gasteiger partial charge is 0.495 e. The van der Waals surface area contributed by atoms with Crippen LogP contribution < -0.4 is 9.47 Å². The Labute approximate surface area is 159 Å². The number of rotatable bonds is 6. The Morgan fingerprint density at radius 1 is 1.22 bits per heavy atom. The molecule has 3 rings (SSSR count). The van der Waals surface area contributed by atoms with Gasteiger partial charge in [-0.1, -0.05) is 0 Å². The quantitative estimate of drug-likeness (QED) is 0.753. The van der Waals surface area contributed by atoms with Crippen LogP contribution in [0.2, 0.25) is 0 Å². The molecule has 2 heterocycles. The summed E-state index contributed by atoms with van der Waals surface area (Å²) in [6, 6.07) is 5.35. The molecule has 27 heavy (non-hydrogen) atoms. The van der Waals surface area contributed by atoms with Crippen LogP contribution in [0.3, 0.4) is 0 Å². The third-order valence-electron chi connectivity index (χ3n) is 4.76. The minimum absolute atomic E-state index is 0.132. The number of hydrogen-bond donors (Lipinski definition) is 0. The molecule has 1 aromatic heterocycles.